The number of thiophene rings is 1. The molecule has 0 fully saturated rings. The predicted molar refractivity (Wildman–Crippen MR) is 92.3 cm³/mol. The number of ether oxygens (including phenoxy) is 1. The number of carbonyl (C=O) groups is 1. The maximum absolute atomic E-state index is 12.7. The van der Waals surface area contributed by atoms with Crippen LogP contribution in [0.2, 0.25) is 0 Å². The summed E-state index contributed by atoms with van der Waals surface area (Å²) in [5.74, 6) is 1.68. The van der Waals surface area contributed by atoms with Gasteiger partial charge in [0.1, 0.15) is 5.75 Å². The summed E-state index contributed by atoms with van der Waals surface area (Å²) in [6.07, 6.45) is 4.29. The van der Waals surface area contributed by atoms with Crippen molar-refractivity contribution in [3.05, 3.63) is 51.2 Å². The number of fused-ring (bicyclic) bond motifs is 2. The summed E-state index contributed by atoms with van der Waals surface area (Å²) in [6.45, 7) is 2.94. The predicted octanol–water partition coefficient (Wildman–Crippen LogP) is 4.13. The highest BCUT2D eigenvalue weighted by molar-refractivity contribution is 7.14. The second kappa shape index (κ2) is 6.00. The van der Waals surface area contributed by atoms with Gasteiger partial charge in [0.25, 0.3) is 5.91 Å². The number of hydrogen-bond donors (Lipinski definition) is 1. The van der Waals surface area contributed by atoms with Crippen molar-refractivity contribution in [3.63, 3.8) is 0 Å². The van der Waals surface area contributed by atoms with Gasteiger partial charge in [-0.1, -0.05) is 25.1 Å². The van der Waals surface area contributed by atoms with Gasteiger partial charge in [0.15, 0.2) is 0 Å². The molecule has 0 radical (unpaired) electrons. The van der Waals surface area contributed by atoms with Gasteiger partial charge in [0.2, 0.25) is 0 Å². The molecule has 0 bridgehead atoms. The Bertz CT molecular complexity index is 737. The Balaban J connectivity index is 1.53. The van der Waals surface area contributed by atoms with E-state index in [0.29, 0.717) is 6.61 Å². The molecule has 0 saturated heterocycles. The normalized spacial score (nSPS) is 22.7. The van der Waals surface area contributed by atoms with E-state index in [1.54, 1.807) is 11.3 Å². The molecule has 4 rings (SSSR count). The molecule has 1 aromatic carbocycles. The molecule has 120 valence electrons. The number of benzene rings is 1. The average molecular weight is 327 g/mol. The van der Waals surface area contributed by atoms with Crippen LogP contribution >= 0.6 is 11.3 Å². The molecule has 0 unspecified atom stereocenters. The SMILES string of the molecule is C[C@@H]1CCc2sc(C(=O)N[C@H]3CCOc4ccccc43)cc2C1. The lowest BCUT2D eigenvalue weighted by Crippen LogP contribution is -2.31. The van der Waals surface area contributed by atoms with Crippen LogP contribution in [0.15, 0.2) is 30.3 Å². The molecule has 1 aromatic heterocycles. The summed E-state index contributed by atoms with van der Waals surface area (Å²) in [6, 6.07) is 10.1. The smallest absolute Gasteiger partial charge is 0.261 e. The number of nitrogens with one attached hydrogen (secondary N) is 1. The first-order valence-corrected chi connectivity index (χ1v) is 9.16. The van der Waals surface area contributed by atoms with Gasteiger partial charge in [-0.05, 0) is 42.9 Å². The van der Waals surface area contributed by atoms with Crippen molar-refractivity contribution in [3.8, 4) is 5.75 Å². The van der Waals surface area contributed by atoms with Crippen molar-refractivity contribution < 1.29 is 9.53 Å². The number of amides is 1. The largest absolute Gasteiger partial charge is 0.493 e. The zero-order chi connectivity index (χ0) is 15.8. The van der Waals surface area contributed by atoms with Gasteiger partial charge in [-0.15, -0.1) is 11.3 Å². The van der Waals surface area contributed by atoms with E-state index in [4.69, 9.17) is 4.74 Å². The molecular weight excluding hydrogens is 306 g/mol. The van der Waals surface area contributed by atoms with Gasteiger partial charge in [-0.2, -0.15) is 0 Å². The van der Waals surface area contributed by atoms with Gasteiger partial charge in [-0.25, -0.2) is 0 Å². The topological polar surface area (TPSA) is 38.3 Å². The number of para-hydroxylation sites is 1. The Labute approximate surface area is 140 Å². The maximum atomic E-state index is 12.7. The molecule has 3 nitrogen and oxygen atoms in total. The highest BCUT2D eigenvalue weighted by atomic mass is 32.1. The van der Waals surface area contributed by atoms with Crippen LogP contribution in [0.5, 0.6) is 5.75 Å². The number of rotatable bonds is 2. The summed E-state index contributed by atoms with van der Waals surface area (Å²) in [7, 11) is 0. The van der Waals surface area contributed by atoms with Gasteiger partial charge in [0, 0.05) is 16.9 Å². The van der Waals surface area contributed by atoms with Crippen LogP contribution in [-0.4, -0.2) is 12.5 Å². The van der Waals surface area contributed by atoms with Crippen molar-refractivity contribution in [2.75, 3.05) is 6.61 Å². The lowest BCUT2D eigenvalue weighted by Gasteiger charge is -2.26. The maximum Gasteiger partial charge on any atom is 0.261 e. The minimum Gasteiger partial charge on any atom is -0.493 e. The van der Waals surface area contributed by atoms with Crippen LogP contribution in [0, 0.1) is 5.92 Å². The first-order chi connectivity index (χ1) is 11.2. The van der Waals surface area contributed by atoms with E-state index in [1.807, 2.05) is 24.3 Å². The quantitative estimate of drug-likeness (QED) is 0.901. The molecule has 0 spiro atoms. The van der Waals surface area contributed by atoms with Crippen LogP contribution < -0.4 is 10.1 Å². The van der Waals surface area contributed by atoms with Crippen molar-refractivity contribution in [1.82, 2.24) is 5.32 Å². The van der Waals surface area contributed by atoms with Crippen LogP contribution in [0.25, 0.3) is 0 Å². The zero-order valence-corrected chi connectivity index (χ0v) is 14.1. The molecule has 2 aliphatic rings. The number of carbonyl (C=O) groups excluding carboxylic acids is 1. The molecule has 1 amide bonds. The summed E-state index contributed by atoms with van der Waals surface area (Å²) in [4.78, 5) is 14.9. The minimum atomic E-state index is 0.0468. The van der Waals surface area contributed by atoms with Gasteiger partial charge < -0.3 is 10.1 Å². The Kier molecular flexibility index (Phi) is 3.85. The number of hydrogen-bond acceptors (Lipinski definition) is 3. The fourth-order valence-corrected chi connectivity index (χ4v) is 4.65. The first kappa shape index (κ1) is 14.8. The standard InChI is InChI=1S/C19H21NO2S/c1-12-6-7-17-13(10-12)11-18(23-17)19(21)20-15-8-9-22-16-5-3-2-4-14(15)16/h2-5,11-12,15H,6-10H2,1H3,(H,20,21)/t12-,15+/m1/s1. The van der Waals surface area contributed by atoms with Gasteiger partial charge >= 0.3 is 0 Å². The van der Waals surface area contributed by atoms with E-state index in [0.717, 1.165) is 41.4 Å². The third-order valence-corrected chi connectivity index (χ3v) is 6.05. The Morgan fingerprint density at radius 2 is 2.17 bits per heavy atom. The molecule has 1 N–H and O–H groups in total. The summed E-state index contributed by atoms with van der Waals surface area (Å²) < 4.78 is 5.67. The van der Waals surface area contributed by atoms with E-state index < -0.39 is 0 Å². The molecule has 4 heteroatoms. The van der Waals surface area contributed by atoms with Crippen LogP contribution in [0.4, 0.5) is 0 Å². The monoisotopic (exact) mass is 327 g/mol. The average Bonchev–Trinajstić information content (AvgIpc) is 2.98. The molecule has 1 aliphatic carbocycles. The third-order valence-electron chi connectivity index (χ3n) is 4.82. The van der Waals surface area contributed by atoms with E-state index in [1.165, 1.54) is 16.9 Å². The Hall–Kier alpha value is -1.81. The van der Waals surface area contributed by atoms with Crippen molar-refractivity contribution >= 4 is 17.2 Å². The van der Waals surface area contributed by atoms with E-state index in [2.05, 4.69) is 18.3 Å². The van der Waals surface area contributed by atoms with E-state index >= 15 is 0 Å². The highest BCUT2D eigenvalue weighted by Crippen LogP contribution is 2.34. The van der Waals surface area contributed by atoms with Gasteiger partial charge in [-0.3, -0.25) is 4.79 Å². The second-order valence-corrected chi connectivity index (χ2v) is 7.74. The molecule has 2 atom stereocenters. The van der Waals surface area contributed by atoms with Gasteiger partial charge in [0.05, 0.1) is 17.5 Å². The lowest BCUT2D eigenvalue weighted by molar-refractivity contribution is 0.0929. The van der Waals surface area contributed by atoms with Crippen LogP contribution in [0.1, 0.15) is 51.5 Å². The summed E-state index contributed by atoms with van der Waals surface area (Å²) >= 11 is 1.67. The van der Waals surface area contributed by atoms with Crippen molar-refractivity contribution in [2.24, 2.45) is 5.92 Å². The van der Waals surface area contributed by atoms with Crippen molar-refractivity contribution in [2.45, 2.75) is 38.6 Å². The van der Waals surface area contributed by atoms with E-state index in [-0.39, 0.29) is 11.9 Å². The third kappa shape index (κ3) is 2.88. The Morgan fingerprint density at radius 3 is 3.09 bits per heavy atom. The second-order valence-electron chi connectivity index (χ2n) is 6.61. The van der Waals surface area contributed by atoms with Crippen LogP contribution in [-0.2, 0) is 12.8 Å². The molecular formula is C19H21NO2S. The Morgan fingerprint density at radius 1 is 1.30 bits per heavy atom. The van der Waals surface area contributed by atoms with E-state index in [9.17, 15) is 4.79 Å². The zero-order valence-electron chi connectivity index (χ0n) is 13.3. The molecule has 0 saturated carbocycles. The number of aryl methyl sites for hydroxylation is 1. The minimum absolute atomic E-state index is 0.0468. The van der Waals surface area contributed by atoms with Crippen LogP contribution in [0.3, 0.4) is 0 Å². The molecule has 23 heavy (non-hydrogen) atoms. The first-order valence-electron chi connectivity index (χ1n) is 8.35. The molecule has 1 aliphatic heterocycles. The summed E-state index contributed by atoms with van der Waals surface area (Å²) in [5.41, 5.74) is 2.47. The molecule has 2 heterocycles. The highest BCUT2D eigenvalue weighted by Gasteiger charge is 2.25. The fraction of sp³-hybridized carbons (Fsp3) is 0.421. The fourth-order valence-electron chi connectivity index (χ4n) is 3.54. The molecule has 2 aromatic rings. The summed E-state index contributed by atoms with van der Waals surface area (Å²) in [5, 5.41) is 3.20. The lowest BCUT2D eigenvalue weighted by atomic mass is 9.90. The van der Waals surface area contributed by atoms with Crippen molar-refractivity contribution in [1.29, 1.82) is 0 Å².